The zero-order valence-electron chi connectivity index (χ0n) is 10.0. The predicted molar refractivity (Wildman–Crippen MR) is 62.1 cm³/mol. The maximum Gasteiger partial charge on any atom is 0.354 e. The van der Waals surface area contributed by atoms with E-state index in [2.05, 4.69) is 4.98 Å². The Morgan fingerprint density at radius 3 is 2.44 bits per heavy atom. The first-order valence-electron chi connectivity index (χ1n) is 5.40. The lowest BCUT2D eigenvalue weighted by molar-refractivity contribution is -0.124. The van der Waals surface area contributed by atoms with E-state index in [9.17, 15) is 14.4 Å². The smallest absolute Gasteiger partial charge is 0.354 e. The summed E-state index contributed by atoms with van der Waals surface area (Å²) < 4.78 is 0. The van der Waals surface area contributed by atoms with Crippen LogP contribution in [-0.4, -0.2) is 27.9 Å². The third-order valence-electron chi connectivity index (χ3n) is 2.85. The molecule has 1 saturated heterocycles. The van der Waals surface area contributed by atoms with Crippen LogP contribution in [0, 0.1) is 5.41 Å². The van der Waals surface area contributed by atoms with Crippen molar-refractivity contribution in [1.82, 2.24) is 4.98 Å². The van der Waals surface area contributed by atoms with Crippen LogP contribution >= 0.6 is 0 Å². The molecule has 2 rings (SSSR count). The zero-order chi connectivity index (χ0) is 13.5. The number of imide groups is 1. The highest BCUT2D eigenvalue weighted by Gasteiger charge is 2.45. The zero-order valence-corrected chi connectivity index (χ0v) is 10.0. The lowest BCUT2D eigenvalue weighted by Gasteiger charge is -2.17. The Hall–Kier alpha value is -2.24. The second-order valence-electron chi connectivity index (χ2n) is 4.80. The number of carboxylic acids is 1. The van der Waals surface area contributed by atoms with Gasteiger partial charge in [-0.2, -0.15) is 0 Å². The van der Waals surface area contributed by atoms with E-state index in [4.69, 9.17) is 5.11 Å². The normalized spacial score (nSPS) is 18.2. The van der Waals surface area contributed by atoms with Gasteiger partial charge in [0.25, 0.3) is 0 Å². The summed E-state index contributed by atoms with van der Waals surface area (Å²) in [6.45, 7) is 3.40. The van der Waals surface area contributed by atoms with Crippen molar-refractivity contribution in [1.29, 1.82) is 0 Å². The van der Waals surface area contributed by atoms with E-state index in [1.54, 1.807) is 13.8 Å². The van der Waals surface area contributed by atoms with Crippen LogP contribution in [0.3, 0.4) is 0 Å². The molecule has 0 atom stereocenters. The summed E-state index contributed by atoms with van der Waals surface area (Å²) in [5, 5.41) is 8.72. The molecule has 1 fully saturated rings. The van der Waals surface area contributed by atoms with Gasteiger partial charge in [0, 0.05) is 6.42 Å². The highest BCUT2D eigenvalue weighted by atomic mass is 16.4. The van der Waals surface area contributed by atoms with Crippen LogP contribution in [0.5, 0.6) is 0 Å². The van der Waals surface area contributed by atoms with Crippen molar-refractivity contribution in [3.05, 3.63) is 24.0 Å². The fraction of sp³-hybridized carbons (Fsp3) is 0.333. The molecule has 0 radical (unpaired) electrons. The lowest BCUT2D eigenvalue weighted by atomic mass is 9.92. The number of aromatic carboxylic acids is 1. The highest BCUT2D eigenvalue weighted by molar-refractivity contribution is 6.22. The molecule has 0 aliphatic carbocycles. The Morgan fingerprint density at radius 2 is 2.06 bits per heavy atom. The molecule has 0 bridgehead atoms. The molecule has 6 heteroatoms. The summed E-state index contributed by atoms with van der Waals surface area (Å²) in [4.78, 5) is 39.2. The van der Waals surface area contributed by atoms with Crippen molar-refractivity contribution in [2.45, 2.75) is 20.3 Å². The standard InChI is InChI=1S/C12H12N2O4/c1-12(2)5-9(15)14(11(12)18)7-3-4-8(10(16)17)13-6-7/h3-4,6H,5H2,1-2H3,(H,16,17). The third kappa shape index (κ3) is 1.85. The number of carbonyl (C=O) groups excluding carboxylic acids is 2. The number of carbonyl (C=O) groups is 3. The van der Waals surface area contributed by atoms with Gasteiger partial charge in [-0.25, -0.2) is 14.7 Å². The van der Waals surface area contributed by atoms with Gasteiger partial charge in [-0.3, -0.25) is 9.59 Å². The Labute approximate surface area is 103 Å². The van der Waals surface area contributed by atoms with Crippen LogP contribution in [0.1, 0.15) is 30.8 Å². The molecule has 1 aliphatic heterocycles. The van der Waals surface area contributed by atoms with Gasteiger partial charge in [-0.15, -0.1) is 0 Å². The largest absolute Gasteiger partial charge is 0.477 e. The minimum atomic E-state index is -1.15. The highest BCUT2D eigenvalue weighted by Crippen LogP contribution is 2.34. The monoisotopic (exact) mass is 248 g/mol. The van der Waals surface area contributed by atoms with Gasteiger partial charge in [0.2, 0.25) is 11.8 Å². The molecular weight excluding hydrogens is 236 g/mol. The summed E-state index contributed by atoms with van der Waals surface area (Å²) in [5.74, 6) is -1.74. The van der Waals surface area contributed by atoms with E-state index in [-0.39, 0.29) is 23.9 Å². The van der Waals surface area contributed by atoms with E-state index in [1.165, 1.54) is 18.3 Å². The number of aromatic nitrogens is 1. The summed E-state index contributed by atoms with van der Waals surface area (Å²) in [6, 6.07) is 2.68. The fourth-order valence-corrected chi connectivity index (χ4v) is 1.85. The second-order valence-corrected chi connectivity index (χ2v) is 4.80. The Balaban J connectivity index is 2.35. The van der Waals surface area contributed by atoms with Crippen LogP contribution in [0.2, 0.25) is 0 Å². The summed E-state index contributed by atoms with van der Waals surface area (Å²) in [5.41, 5.74) is -0.541. The summed E-state index contributed by atoms with van der Waals surface area (Å²) >= 11 is 0. The van der Waals surface area contributed by atoms with Gasteiger partial charge >= 0.3 is 5.97 Å². The van der Waals surface area contributed by atoms with Crippen LogP contribution < -0.4 is 4.90 Å². The number of amides is 2. The van der Waals surface area contributed by atoms with Gasteiger partial charge in [0.15, 0.2) is 0 Å². The van der Waals surface area contributed by atoms with Crippen molar-refractivity contribution in [2.24, 2.45) is 5.41 Å². The van der Waals surface area contributed by atoms with Gasteiger partial charge in [-0.05, 0) is 12.1 Å². The van der Waals surface area contributed by atoms with Crippen molar-refractivity contribution >= 4 is 23.5 Å². The van der Waals surface area contributed by atoms with E-state index in [0.29, 0.717) is 5.69 Å². The van der Waals surface area contributed by atoms with Gasteiger partial charge < -0.3 is 5.11 Å². The van der Waals surface area contributed by atoms with Gasteiger partial charge in [-0.1, -0.05) is 13.8 Å². The molecule has 2 heterocycles. The summed E-state index contributed by atoms with van der Waals surface area (Å²) in [7, 11) is 0. The van der Waals surface area contributed by atoms with Crippen molar-refractivity contribution < 1.29 is 19.5 Å². The first-order valence-corrected chi connectivity index (χ1v) is 5.40. The Bertz CT molecular complexity index is 534. The second kappa shape index (κ2) is 3.90. The number of carboxylic acid groups (broad SMARTS) is 1. The molecule has 0 saturated carbocycles. The molecule has 94 valence electrons. The average Bonchev–Trinajstić information content (AvgIpc) is 2.48. The maximum atomic E-state index is 12.0. The first kappa shape index (κ1) is 12.2. The SMILES string of the molecule is CC1(C)CC(=O)N(c2ccc(C(=O)O)nc2)C1=O. The fourth-order valence-electron chi connectivity index (χ4n) is 1.85. The third-order valence-corrected chi connectivity index (χ3v) is 2.85. The molecule has 0 aromatic carbocycles. The topological polar surface area (TPSA) is 87.6 Å². The molecule has 1 N–H and O–H groups in total. The number of hydrogen-bond donors (Lipinski definition) is 1. The molecule has 6 nitrogen and oxygen atoms in total. The molecule has 18 heavy (non-hydrogen) atoms. The van der Waals surface area contributed by atoms with Crippen LogP contribution in [0.4, 0.5) is 5.69 Å². The lowest BCUT2D eigenvalue weighted by Crippen LogP contribution is -2.33. The quantitative estimate of drug-likeness (QED) is 0.791. The number of hydrogen-bond acceptors (Lipinski definition) is 4. The van der Waals surface area contributed by atoms with Crippen LogP contribution in [0.15, 0.2) is 18.3 Å². The van der Waals surface area contributed by atoms with E-state index < -0.39 is 11.4 Å². The van der Waals surface area contributed by atoms with E-state index in [0.717, 1.165) is 4.90 Å². The number of anilines is 1. The van der Waals surface area contributed by atoms with Crippen LogP contribution in [-0.2, 0) is 9.59 Å². The minimum absolute atomic E-state index is 0.128. The molecule has 0 unspecified atom stereocenters. The first-order chi connectivity index (χ1) is 8.33. The molecule has 1 aromatic rings. The number of pyridine rings is 1. The Morgan fingerprint density at radius 1 is 1.39 bits per heavy atom. The summed E-state index contributed by atoms with van der Waals surface area (Å²) in [6.07, 6.45) is 1.37. The molecule has 0 spiro atoms. The van der Waals surface area contributed by atoms with Crippen molar-refractivity contribution in [3.63, 3.8) is 0 Å². The molecule has 1 aliphatic rings. The van der Waals surface area contributed by atoms with Gasteiger partial charge in [0.1, 0.15) is 5.69 Å². The molecule has 1 aromatic heterocycles. The van der Waals surface area contributed by atoms with Crippen LogP contribution in [0.25, 0.3) is 0 Å². The Kier molecular flexibility index (Phi) is 2.65. The van der Waals surface area contributed by atoms with Crippen molar-refractivity contribution in [3.8, 4) is 0 Å². The van der Waals surface area contributed by atoms with Gasteiger partial charge in [0.05, 0.1) is 17.3 Å². The van der Waals surface area contributed by atoms with E-state index >= 15 is 0 Å². The van der Waals surface area contributed by atoms with Crippen molar-refractivity contribution in [2.75, 3.05) is 4.90 Å². The number of nitrogens with zero attached hydrogens (tertiary/aromatic N) is 2. The minimum Gasteiger partial charge on any atom is -0.477 e. The number of rotatable bonds is 2. The van der Waals surface area contributed by atoms with E-state index in [1.807, 2.05) is 0 Å². The molecular formula is C12H12N2O4. The average molecular weight is 248 g/mol. The predicted octanol–water partition coefficient (Wildman–Crippen LogP) is 1.07. The molecule has 2 amide bonds. The maximum absolute atomic E-state index is 12.0.